The molecule has 1 unspecified atom stereocenters. The van der Waals surface area contributed by atoms with Gasteiger partial charge in [0.05, 0.1) is 11.3 Å². The Labute approximate surface area is 142 Å². The van der Waals surface area contributed by atoms with Gasteiger partial charge in [0.15, 0.2) is 5.78 Å². The van der Waals surface area contributed by atoms with Gasteiger partial charge in [0.25, 0.3) is 0 Å². The van der Waals surface area contributed by atoms with Gasteiger partial charge in [-0.05, 0) is 36.8 Å². The summed E-state index contributed by atoms with van der Waals surface area (Å²) in [4.78, 5) is 14.3. The number of hydrogen-bond donors (Lipinski definition) is 0. The van der Waals surface area contributed by atoms with E-state index in [0.29, 0.717) is 17.1 Å². The molecule has 22 heavy (non-hydrogen) atoms. The SMILES string of the molecule is CC1=C(Sc2ccccc2)C(=O)CC(c2ccc(Br)cc2)O1. The summed E-state index contributed by atoms with van der Waals surface area (Å²) in [5.74, 6) is 0.851. The van der Waals surface area contributed by atoms with E-state index in [1.54, 1.807) is 0 Å². The fraction of sp³-hybridized carbons (Fsp3) is 0.167. The van der Waals surface area contributed by atoms with Crippen molar-refractivity contribution in [1.29, 1.82) is 0 Å². The molecule has 2 aromatic carbocycles. The van der Waals surface area contributed by atoms with Gasteiger partial charge in [0.2, 0.25) is 0 Å². The van der Waals surface area contributed by atoms with Gasteiger partial charge in [0, 0.05) is 9.37 Å². The number of thioether (sulfide) groups is 1. The monoisotopic (exact) mass is 374 g/mol. The van der Waals surface area contributed by atoms with E-state index in [0.717, 1.165) is 14.9 Å². The van der Waals surface area contributed by atoms with Crippen LogP contribution in [0.3, 0.4) is 0 Å². The summed E-state index contributed by atoms with van der Waals surface area (Å²) in [5.41, 5.74) is 1.03. The minimum Gasteiger partial charge on any atom is -0.489 e. The van der Waals surface area contributed by atoms with Crippen LogP contribution in [0.4, 0.5) is 0 Å². The third-order valence-corrected chi connectivity index (χ3v) is 5.22. The van der Waals surface area contributed by atoms with Crippen LogP contribution in [0.15, 0.2) is 74.6 Å². The Morgan fingerprint density at radius 1 is 1.09 bits per heavy atom. The first-order valence-electron chi connectivity index (χ1n) is 7.02. The smallest absolute Gasteiger partial charge is 0.176 e. The predicted molar refractivity (Wildman–Crippen MR) is 92.6 cm³/mol. The highest BCUT2D eigenvalue weighted by Crippen LogP contribution is 2.39. The van der Waals surface area contributed by atoms with E-state index in [1.165, 1.54) is 11.8 Å². The van der Waals surface area contributed by atoms with Gasteiger partial charge in [-0.1, -0.05) is 58.0 Å². The Morgan fingerprint density at radius 3 is 2.41 bits per heavy atom. The number of Topliss-reactive ketones (excluding diaryl/α,β-unsaturated/α-hetero) is 1. The topological polar surface area (TPSA) is 26.3 Å². The molecule has 0 aliphatic carbocycles. The van der Waals surface area contributed by atoms with E-state index in [4.69, 9.17) is 4.74 Å². The second-order valence-electron chi connectivity index (χ2n) is 5.09. The summed E-state index contributed by atoms with van der Waals surface area (Å²) in [5, 5.41) is 0. The second-order valence-corrected chi connectivity index (χ2v) is 7.09. The maximum absolute atomic E-state index is 12.5. The van der Waals surface area contributed by atoms with E-state index >= 15 is 0 Å². The maximum atomic E-state index is 12.5. The minimum absolute atomic E-state index is 0.144. The van der Waals surface area contributed by atoms with Crippen molar-refractivity contribution in [3.8, 4) is 0 Å². The lowest BCUT2D eigenvalue weighted by Crippen LogP contribution is -2.18. The Hall–Kier alpha value is -1.52. The summed E-state index contributed by atoms with van der Waals surface area (Å²) in [6, 6.07) is 17.8. The molecule has 112 valence electrons. The molecule has 0 aromatic heterocycles. The zero-order chi connectivity index (χ0) is 15.5. The molecule has 0 amide bonds. The Balaban J connectivity index is 1.81. The Morgan fingerprint density at radius 2 is 1.77 bits per heavy atom. The van der Waals surface area contributed by atoms with Gasteiger partial charge in [0.1, 0.15) is 11.9 Å². The lowest BCUT2D eigenvalue weighted by atomic mass is 10.0. The largest absolute Gasteiger partial charge is 0.489 e. The number of ketones is 1. The number of carbonyl (C=O) groups excluding carboxylic acids is 1. The highest BCUT2D eigenvalue weighted by atomic mass is 79.9. The normalized spacial score (nSPS) is 18.3. The molecule has 0 fully saturated rings. The standard InChI is InChI=1S/C18H15BrO2S/c1-12-18(22-15-5-3-2-4-6-15)16(20)11-17(21-12)13-7-9-14(19)10-8-13/h2-10,17H,11H2,1H3. The first-order valence-corrected chi connectivity index (χ1v) is 8.63. The van der Waals surface area contributed by atoms with Crippen LogP contribution in [0.25, 0.3) is 0 Å². The quantitative estimate of drug-likeness (QED) is 0.708. The number of carbonyl (C=O) groups is 1. The fourth-order valence-corrected chi connectivity index (χ4v) is 3.55. The second kappa shape index (κ2) is 6.71. The molecule has 0 bridgehead atoms. The van der Waals surface area contributed by atoms with Crippen LogP contribution < -0.4 is 0 Å². The molecular formula is C18H15BrO2S. The van der Waals surface area contributed by atoms with E-state index in [1.807, 2.05) is 61.5 Å². The third kappa shape index (κ3) is 3.45. The highest BCUT2D eigenvalue weighted by molar-refractivity contribution is 9.10. The number of benzene rings is 2. The molecule has 0 saturated heterocycles. The van der Waals surface area contributed by atoms with Crippen LogP contribution >= 0.6 is 27.7 Å². The van der Waals surface area contributed by atoms with Gasteiger partial charge < -0.3 is 4.74 Å². The summed E-state index contributed by atoms with van der Waals surface area (Å²) < 4.78 is 7.01. The first kappa shape index (κ1) is 15.4. The van der Waals surface area contributed by atoms with Gasteiger partial charge >= 0.3 is 0 Å². The average Bonchev–Trinajstić information content (AvgIpc) is 2.52. The van der Waals surface area contributed by atoms with Gasteiger partial charge in [-0.25, -0.2) is 0 Å². The number of hydrogen-bond acceptors (Lipinski definition) is 3. The summed E-state index contributed by atoms with van der Waals surface area (Å²) in [6.45, 7) is 1.87. The highest BCUT2D eigenvalue weighted by Gasteiger charge is 2.28. The van der Waals surface area contributed by atoms with Crippen LogP contribution in [0, 0.1) is 0 Å². The van der Waals surface area contributed by atoms with Crippen molar-refractivity contribution in [3.63, 3.8) is 0 Å². The molecule has 1 aliphatic heterocycles. The van der Waals surface area contributed by atoms with Crippen LogP contribution in [0.1, 0.15) is 25.0 Å². The fourth-order valence-electron chi connectivity index (χ4n) is 2.36. The number of ether oxygens (including phenoxy) is 1. The molecule has 0 spiro atoms. The lowest BCUT2D eigenvalue weighted by molar-refractivity contribution is -0.119. The van der Waals surface area contributed by atoms with E-state index in [2.05, 4.69) is 15.9 Å². The van der Waals surface area contributed by atoms with E-state index < -0.39 is 0 Å². The molecule has 1 atom stereocenters. The van der Waals surface area contributed by atoms with Crippen LogP contribution in [0.2, 0.25) is 0 Å². The minimum atomic E-state index is -0.194. The molecule has 0 saturated carbocycles. The van der Waals surface area contributed by atoms with Crippen molar-refractivity contribution in [2.24, 2.45) is 0 Å². The summed E-state index contributed by atoms with van der Waals surface area (Å²) in [7, 11) is 0. The Kier molecular flexibility index (Phi) is 4.69. The van der Waals surface area contributed by atoms with Crippen LogP contribution in [-0.4, -0.2) is 5.78 Å². The Bertz CT molecular complexity index is 708. The summed E-state index contributed by atoms with van der Waals surface area (Å²) >= 11 is 4.90. The van der Waals surface area contributed by atoms with Crippen molar-refractivity contribution < 1.29 is 9.53 Å². The zero-order valence-corrected chi connectivity index (χ0v) is 14.5. The molecule has 1 heterocycles. The molecular weight excluding hydrogens is 360 g/mol. The lowest BCUT2D eigenvalue weighted by Gasteiger charge is -2.26. The van der Waals surface area contributed by atoms with Crippen LogP contribution in [0.5, 0.6) is 0 Å². The summed E-state index contributed by atoms with van der Waals surface area (Å²) in [6.07, 6.45) is 0.189. The average molecular weight is 375 g/mol. The molecule has 2 nitrogen and oxygen atoms in total. The van der Waals surface area contributed by atoms with Gasteiger partial charge in [-0.3, -0.25) is 4.79 Å². The molecule has 2 aromatic rings. The maximum Gasteiger partial charge on any atom is 0.176 e. The number of rotatable bonds is 3. The molecule has 4 heteroatoms. The van der Waals surface area contributed by atoms with Crippen molar-refractivity contribution in [1.82, 2.24) is 0 Å². The van der Waals surface area contributed by atoms with Crippen molar-refractivity contribution in [2.45, 2.75) is 24.3 Å². The van der Waals surface area contributed by atoms with Crippen molar-refractivity contribution >= 4 is 33.5 Å². The van der Waals surface area contributed by atoms with E-state index in [9.17, 15) is 4.79 Å². The number of allylic oxidation sites excluding steroid dienone is 2. The molecule has 1 aliphatic rings. The first-order chi connectivity index (χ1) is 10.6. The predicted octanol–water partition coefficient (Wildman–Crippen LogP) is 5.50. The van der Waals surface area contributed by atoms with Crippen molar-refractivity contribution in [3.05, 3.63) is 75.3 Å². The van der Waals surface area contributed by atoms with Crippen molar-refractivity contribution in [2.75, 3.05) is 0 Å². The van der Waals surface area contributed by atoms with Gasteiger partial charge in [-0.15, -0.1) is 0 Å². The van der Waals surface area contributed by atoms with Gasteiger partial charge in [-0.2, -0.15) is 0 Å². The third-order valence-electron chi connectivity index (χ3n) is 3.47. The molecule has 0 radical (unpaired) electrons. The van der Waals surface area contributed by atoms with Crippen LogP contribution in [-0.2, 0) is 9.53 Å². The molecule has 0 N–H and O–H groups in total. The number of halogens is 1. The zero-order valence-electron chi connectivity index (χ0n) is 12.1. The molecule has 3 rings (SSSR count). The van der Waals surface area contributed by atoms with E-state index in [-0.39, 0.29) is 11.9 Å².